The van der Waals surface area contributed by atoms with Gasteiger partial charge in [-0.25, -0.2) is 4.39 Å². The first kappa shape index (κ1) is 26.4. The second-order valence-corrected chi connectivity index (χ2v) is 10.7. The van der Waals surface area contributed by atoms with Crippen molar-refractivity contribution in [3.63, 3.8) is 0 Å². The van der Waals surface area contributed by atoms with Crippen molar-refractivity contribution in [2.75, 3.05) is 32.5 Å². The zero-order chi connectivity index (χ0) is 25.5. The number of methoxy groups -OCH3 is 1. The number of likely N-dealkylation sites (tertiary alicyclic amines) is 1. The number of alkyl halides is 1. The smallest absolute Gasteiger partial charge is 0.303 e. The van der Waals surface area contributed by atoms with Crippen molar-refractivity contribution in [1.82, 2.24) is 20.1 Å². The number of ether oxygens (including phenoxy) is 1. The Labute approximate surface area is 215 Å². The van der Waals surface area contributed by atoms with Gasteiger partial charge in [-0.15, -0.1) is 11.8 Å². The normalized spacial score (nSPS) is 19.4. The molecule has 2 N–H and O–H groups in total. The maximum atomic E-state index is 15.5. The van der Waals surface area contributed by atoms with Crippen molar-refractivity contribution >= 4 is 28.6 Å². The number of pyridine rings is 1. The number of carbonyl (C=O) groups is 1. The quantitative estimate of drug-likeness (QED) is 0.238. The number of halogens is 1. The Balaban J connectivity index is 1.32. The van der Waals surface area contributed by atoms with Gasteiger partial charge in [-0.1, -0.05) is 0 Å². The fourth-order valence-corrected chi connectivity index (χ4v) is 6.10. The lowest BCUT2D eigenvalue weighted by atomic mass is 9.79. The van der Waals surface area contributed by atoms with E-state index in [0.29, 0.717) is 24.2 Å². The second kappa shape index (κ2) is 12.5. The predicted octanol–water partition coefficient (Wildman–Crippen LogP) is 5.66. The van der Waals surface area contributed by atoms with Crippen LogP contribution in [0.25, 0.3) is 10.9 Å². The maximum Gasteiger partial charge on any atom is 0.303 e. The summed E-state index contributed by atoms with van der Waals surface area (Å²) in [7, 11) is 1.60. The van der Waals surface area contributed by atoms with Gasteiger partial charge in [0.15, 0.2) is 0 Å². The van der Waals surface area contributed by atoms with Gasteiger partial charge in [-0.3, -0.25) is 14.9 Å². The number of thioether (sulfide) groups is 1. The topological polar surface area (TPSA) is 91.3 Å². The van der Waals surface area contributed by atoms with Crippen molar-refractivity contribution in [2.45, 2.75) is 50.1 Å². The number of hydrogen-bond acceptors (Lipinski definition) is 6. The van der Waals surface area contributed by atoms with Crippen LogP contribution < -0.4 is 4.74 Å². The summed E-state index contributed by atoms with van der Waals surface area (Å²) in [6, 6.07) is 7.25. The van der Waals surface area contributed by atoms with Gasteiger partial charge in [0.1, 0.15) is 11.9 Å². The summed E-state index contributed by atoms with van der Waals surface area (Å²) in [5, 5.41) is 17.3. The van der Waals surface area contributed by atoms with Crippen LogP contribution in [0, 0.1) is 18.8 Å². The number of aryl methyl sites for hydroxylation is 1. The van der Waals surface area contributed by atoms with Crippen LogP contribution in [0.1, 0.15) is 49.5 Å². The number of benzene rings is 1. The molecular formula is C27H35FN4O3S. The molecule has 1 aliphatic heterocycles. The summed E-state index contributed by atoms with van der Waals surface area (Å²) in [6.45, 7) is 4.66. The summed E-state index contributed by atoms with van der Waals surface area (Å²) in [5.74, 6) is 1.15. The van der Waals surface area contributed by atoms with Crippen LogP contribution in [0.3, 0.4) is 0 Å². The highest BCUT2D eigenvalue weighted by Gasteiger charge is 2.31. The molecule has 3 aromatic rings. The number of carboxylic acids is 1. The van der Waals surface area contributed by atoms with E-state index in [2.05, 4.69) is 20.1 Å². The standard InChI is InChI=1S/C27H35FN4O3S/c1-18-26(16-30-31-18)36-13-3-11-32-12-9-19(20(17-32)14-27(33)34)4-6-24(28)22-8-10-29-25-7-5-21(35-2)15-23(22)25/h5,7-8,10,15-16,19-20,24H,3-4,6,9,11-14,17H2,1-2H3,(H,30,31)(H,33,34)/t19-,20+,24-/m1/s1. The molecule has 0 spiro atoms. The van der Waals surface area contributed by atoms with Crippen molar-refractivity contribution in [3.05, 3.63) is 47.9 Å². The third kappa shape index (κ3) is 6.76. The lowest BCUT2D eigenvalue weighted by Gasteiger charge is -2.38. The number of nitrogens with zero attached hydrogens (tertiary/aromatic N) is 3. The molecule has 9 heteroatoms. The van der Waals surface area contributed by atoms with Gasteiger partial charge in [-0.05, 0) is 93.1 Å². The molecule has 0 aliphatic carbocycles. The van der Waals surface area contributed by atoms with Crippen molar-refractivity contribution < 1.29 is 19.0 Å². The molecule has 7 nitrogen and oxygen atoms in total. The molecular weight excluding hydrogens is 479 g/mol. The third-order valence-electron chi connectivity index (χ3n) is 7.18. The first-order chi connectivity index (χ1) is 17.4. The Bertz CT molecular complexity index is 1160. The number of H-pyrrole nitrogens is 1. The summed E-state index contributed by atoms with van der Waals surface area (Å²) < 4.78 is 20.8. The molecule has 0 saturated carbocycles. The average molecular weight is 515 g/mol. The minimum absolute atomic E-state index is 0.0431. The van der Waals surface area contributed by atoms with E-state index in [1.165, 1.54) is 4.90 Å². The van der Waals surface area contributed by atoms with E-state index in [0.717, 1.165) is 54.8 Å². The van der Waals surface area contributed by atoms with E-state index in [1.54, 1.807) is 31.1 Å². The van der Waals surface area contributed by atoms with Crippen LogP contribution in [-0.2, 0) is 4.79 Å². The number of piperidine rings is 1. The van der Waals surface area contributed by atoms with E-state index in [9.17, 15) is 9.90 Å². The van der Waals surface area contributed by atoms with Crippen LogP contribution in [0.2, 0.25) is 0 Å². The molecule has 194 valence electrons. The van der Waals surface area contributed by atoms with Crippen LogP contribution in [-0.4, -0.2) is 63.7 Å². The third-order valence-corrected chi connectivity index (χ3v) is 8.40. The van der Waals surface area contributed by atoms with Gasteiger partial charge < -0.3 is 14.7 Å². The molecule has 1 saturated heterocycles. The highest BCUT2D eigenvalue weighted by atomic mass is 32.2. The molecule has 1 fully saturated rings. The van der Waals surface area contributed by atoms with E-state index in [4.69, 9.17) is 4.74 Å². The number of hydrogen-bond donors (Lipinski definition) is 2. The number of nitrogens with one attached hydrogen (secondary N) is 1. The van der Waals surface area contributed by atoms with Crippen molar-refractivity contribution in [3.8, 4) is 5.75 Å². The van der Waals surface area contributed by atoms with Crippen molar-refractivity contribution in [1.29, 1.82) is 0 Å². The number of aromatic amines is 1. The maximum absolute atomic E-state index is 15.5. The molecule has 0 radical (unpaired) electrons. The van der Waals surface area contributed by atoms with E-state index < -0.39 is 12.1 Å². The number of aromatic nitrogens is 3. The number of carboxylic acid groups (broad SMARTS) is 1. The Hall–Kier alpha value is -2.65. The Morgan fingerprint density at radius 3 is 2.97 bits per heavy atom. The van der Waals surface area contributed by atoms with Crippen LogP contribution in [0.15, 0.2) is 41.6 Å². The zero-order valence-electron chi connectivity index (χ0n) is 21.0. The number of fused-ring (bicyclic) bond motifs is 1. The summed E-state index contributed by atoms with van der Waals surface area (Å²) in [4.78, 5) is 19.5. The van der Waals surface area contributed by atoms with Crippen molar-refractivity contribution in [2.24, 2.45) is 11.8 Å². The van der Waals surface area contributed by atoms with Gasteiger partial charge >= 0.3 is 5.97 Å². The van der Waals surface area contributed by atoms with Crippen LogP contribution in [0.5, 0.6) is 5.75 Å². The SMILES string of the molecule is COc1ccc2nccc([C@H](F)CC[C@@H]3CCN(CCCSc4cn[nH]c4C)C[C@@H]3CC(=O)O)c2c1. The molecule has 36 heavy (non-hydrogen) atoms. The second-order valence-electron chi connectivity index (χ2n) is 9.60. The molecule has 2 aromatic heterocycles. The predicted molar refractivity (Wildman–Crippen MR) is 140 cm³/mol. The lowest BCUT2D eigenvalue weighted by molar-refractivity contribution is -0.139. The van der Waals surface area contributed by atoms with Gasteiger partial charge in [0.2, 0.25) is 0 Å². The summed E-state index contributed by atoms with van der Waals surface area (Å²) in [5.41, 5.74) is 2.46. The minimum Gasteiger partial charge on any atom is -0.497 e. The molecule has 0 amide bonds. The fourth-order valence-electron chi connectivity index (χ4n) is 5.21. The van der Waals surface area contributed by atoms with Gasteiger partial charge in [0, 0.05) is 35.1 Å². The monoisotopic (exact) mass is 514 g/mol. The molecule has 3 atom stereocenters. The largest absolute Gasteiger partial charge is 0.497 e. The Morgan fingerprint density at radius 2 is 2.22 bits per heavy atom. The minimum atomic E-state index is -1.13. The van der Waals surface area contributed by atoms with Crippen LogP contribution >= 0.6 is 11.8 Å². The highest BCUT2D eigenvalue weighted by Crippen LogP contribution is 2.36. The molecule has 0 bridgehead atoms. The molecule has 0 unspecified atom stereocenters. The van der Waals surface area contributed by atoms with E-state index >= 15 is 4.39 Å². The average Bonchev–Trinajstić information content (AvgIpc) is 3.29. The summed E-state index contributed by atoms with van der Waals surface area (Å²) >= 11 is 1.80. The van der Waals surface area contributed by atoms with Gasteiger partial charge in [-0.2, -0.15) is 5.10 Å². The molecule has 1 aromatic carbocycles. The Kier molecular flexibility index (Phi) is 9.20. The number of rotatable bonds is 12. The zero-order valence-corrected chi connectivity index (χ0v) is 21.8. The molecule has 4 rings (SSSR count). The van der Waals surface area contributed by atoms with E-state index in [1.807, 2.05) is 31.3 Å². The highest BCUT2D eigenvalue weighted by molar-refractivity contribution is 7.99. The summed E-state index contributed by atoms with van der Waals surface area (Å²) in [6.07, 6.45) is 5.50. The Morgan fingerprint density at radius 1 is 1.36 bits per heavy atom. The fraction of sp³-hybridized carbons (Fsp3) is 0.519. The first-order valence-electron chi connectivity index (χ1n) is 12.6. The number of aliphatic carboxylic acids is 1. The van der Waals surface area contributed by atoms with E-state index in [-0.39, 0.29) is 18.3 Å². The molecule has 3 heterocycles. The lowest BCUT2D eigenvalue weighted by Crippen LogP contribution is -2.42. The first-order valence-corrected chi connectivity index (χ1v) is 13.6. The van der Waals surface area contributed by atoms with Crippen LogP contribution in [0.4, 0.5) is 4.39 Å². The van der Waals surface area contributed by atoms with Gasteiger partial charge in [0.05, 0.1) is 18.8 Å². The van der Waals surface area contributed by atoms with Gasteiger partial charge in [0.25, 0.3) is 0 Å². The molecule has 1 aliphatic rings.